The molecule has 26 heavy (non-hydrogen) atoms. The molecule has 0 aliphatic carbocycles. The van der Waals surface area contributed by atoms with Crippen LogP contribution in [0.3, 0.4) is 0 Å². The summed E-state index contributed by atoms with van der Waals surface area (Å²) in [6.45, 7) is 2.99. The highest BCUT2D eigenvalue weighted by atomic mass is 19.4. The maximum Gasteiger partial charge on any atom is 0.416 e. The summed E-state index contributed by atoms with van der Waals surface area (Å²) >= 11 is 0. The molecule has 2 rings (SSSR count). The van der Waals surface area contributed by atoms with Crippen LogP contribution in [0.2, 0.25) is 0 Å². The molecule has 0 aliphatic rings. The van der Waals surface area contributed by atoms with E-state index in [4.69, 9.17) is 0 Å². The molecule has 0 bridgehead atoms. The molecule has 0 radical (unpaired) electrons. The number of nitrogens with zero attached hydrogens (tertiary/aromatic N) is 3. The van der Waals surface area contributed by atoms with E-state index in [1.54, 1.807) is 6.33 Å². The average molecular weight is 369 g/mol. The summed E-state index contributed by atoms with van der Waals surface area (Å²) < 4.78 is 39.6. The maximum atomic E-state index is 12.6. The summed E-state index contributed by atoms with van der Waals surface area (Å²) in [5.74, 6) is 0.0940. The van der Waals surface area contributed by atoms with Crippen LogP contribution in [-0.4, -0.2) is 21.0 Å². The predicted octanol–water partition coefficient (Wildman–Crippen LogP) is 3.38. The van der Waals surface area contributed by atoms with Crippen molar-refractivity contribution >= 4 is 5.69 Å². The Hall–Kier alpha value is -3.04. The summed E-state index contributed by atoms with van der Waals surface area (Å²) in [4.78, 5) is 14.2. The first-order valence-corrected chi connectivity index (χ1v) is 7.76. The molecular formula is C16H18F3N5O2. The van der Waals surface area contributed by atoms with E-state index in [0.717, 1.165) is 24.0 Å². The number of aryl methyl sites for hydroxylation is 2. The number of rotatable bonds is 8. The quantitative estimate of drug-likeness (QED) is 0.423. The van der Waals surface area contributed by atoms with Gasteiger partial charge in [-0.05, 0) is 37.6 Å². The SMILES string of the molecule is Cc1cn(CCCNC(=C[N+](=O)[O-])Nc2ccc(C(F)(F)F)cc2)cn1. The fourth-order valence-corrected chi connectivity index (χ4v) is 2.20. The third-order valence-electron chi connectivity index (χ3n) is 3.40. The molecule has 7 nitrogen and oxygen atoms in total. The van der Waals surface area contributed by atoms with Gasteiger partial charge in [0.15, 0.2) is 5.82 Å². The zero-order valence-electron chi connectivity index (χ0n) is 14.0. The first kappa shape index (κ1) is 19.3. The van der Waals surface area contributed by atoms with Crippen molar-refractivity contribution in [3.05, 3.63) is 70.2 Å². The Bertz CT molecular complexity index is 769. The molecule has 0 saturated carbocycles. The van der Waals surface area contributed by atoms with E-state index in [9.17, 15) is 23.3 Å². The van der Waals surface area contributed by atoms with Crippen molar-refractivity contribution in [3.8, 4) is 0 Å². The average Bonchev–Trinajstić information content (AvgIpc) is 2.96. The van der Waals surface area contributed by atoms with E-state index in [2.05, 4.69) is 15.6 Å². The van der Waals surface area contributed by atoms with Gasteiger partial charge in [0.1, 0.15) is 0 Å². The molecule has 0 atom stereocenters. The molecule has 0 spiro atoms. The molecule has 140 valence electrons. The molecule has 1 aromatic carbocycles. The summed E-state index contributed by atoms with van der Waals surface area (Å²) in [5.41, 5.74) is 0.422. The fraction of sp³-hybridized carbons (Fsp3) is 0.312. The van der Waals surface area contributed by atoms with Crippen molar-refractivity contribution in [1.29, 1.82) is 0 Å². The molecule has 1 heterocycles. The number of halogens is 3. The van der Waals surface area contributed by atoms with Crippen molar-refractivity contribution in [2.24, 2.45) is 0 Å². The highest BCUT2D eigenvalue weighted by Crippen LogP contribution is 2.29. The lowest BCUT2D eigenvalue weighted by molar-refractivity contribution is -0.403. The van der Waals surface area contributed by atoms with Gasteiger partial charge in [0.25, 0.3) is 6.20 Å². The molecule has 2 aromatic rings. The Labute approximate surface area is 147 Å². The Morgan fingerprint density at radius 1 is 1.35 bits per heavy atom. The highest BCUT2D eigenvalue weighted by Gasteiger charge is 2.29. The van der Waals surface area contributed by atoms with Gasteiger partial charge in [0.2, 0.25) is 0 Å². The number of nitro groups is 1. The summed E-state index contributed by atoms with van der Waals surface area (Å²) in [6, 6.07) is 4.25. The lowest BCUT2D eigenvalue weighted by Gasteiger charge is -2.13. The largest absolute Gasteiger partial charge is 0.416 e. The van der Waals surface area contributed by atoms with Gasteiger partial charge in [-0.25, -0.2) is 4.98 Å². The van der Waals surface area contributed by atoms with Crippen LogP contribution in [0.5, 0.6) is 0 Å². The normalized spacial score (nSPS) is 12.1. The van der Waals surface area contributed by atoms with E-state index in [-0.39, 0.29) is 5.82 Å². The van der Waals surface area contributed by atoms with Crippen LogP contribution in [0.15, 0.2) is 48.8 Å². The van der Waals surface area contributed by atoms with Crippen LogP contribution in [0.1, 0.15) is 17.7 Å². The number of hydrogen-bond donors (Lipinski definition) is 2. The van der Waals surface area contributed by atoms with Crippen molar-refractivity contribution in [2.75, 3.05) is 11.9 Å². The third kappa shape index (κ3) is 6.11. The third-order valence-corrected chi connectivity index (χ3v) is 3.40. The second kappa shape index (κ2) is 8.37. The monoisotopic (exact) mass is 369 g/mol. The van der Waals surface area contributed by atoms with Crippen LogP contribution in [0.4, 0.5) is 18.9 Å². The van der Waals surface area contributed by atoms with E-state index < -0.39 is 16.7 Å². The molecule has 0 amide bonds. The van der Waals surface area contributed by atoms with E-state index in [0.29, 0.717) is 25.2 Å². The van der Waals surface area contributed by atoms with Crippen molar-refractivity contribution in [2.45, 2.75) is 26.1 Å². The molecule has 1 aromatic heterocycles. The first-order chi connectivity index (χ1) is 12.2. The number of imidazole rings is 1. The summed E-state index contributed by atoms with van der Waals surface area (Å²) in [7, 11) is 0. The van der Waals surface area contributed by atoms with Gasteiger partial charge >= 0.3 is 6.18 Å². The van der Waals surface area contributed by atoms with Gasteiger partial charge in [-0.1, -0.05) is 0 Å². The predicted molar refractivity (Wildman–Crippen MR) is 89.7 cm³/mol. The number of benzene rings is 1. The number of aromatic nitrogens is 2. The topological polar surface area (TPSA) is 85.0 Å². The van der Waals surface area contributed by atoms with Gasteiger partial charge in [-0.3, -0.25) is 10.1 Å². The van der Waals surface area contributed by atoms with Crippen molar-refractivity contribution in [3.63, 3.8) is 0 Å². The van der Waals surface area contributed by atoms with E-state index in [1.807, 2.05) is 17.7 Å². The summed E-state index contributed by atoms with van der Waals surface area (Å²) in [5, 5.41) is 16.3. The minimum atomic E-state index is -4.43. The lowest BCUT2D eigenvalue weighted by Crippen LogP contribution is -2.23. The molecule has 0 fully saturated rings. The molecule has 0 saturated heterocycles. The zero-order chi connectivity index (χ0) is 19.2. The van der Waals surface area contributed by atoms with Crippen LogP contribution in [0.25, 0.3) is 0 Å². The molecule has 10 heteroatoms. The number of anilines is 1. The fourth-order valence-electron chi connectivity index (χ4n) is 2.20. The van der Waals surface area contributed by atoms with Gasteiger partial charge in [-0.15, -0.1) is 0 Å². The smallest absolute Gasteiger partial charge is 0.366 e. The number of hydrogen-bond acceptors (Lipinski definition) is 5. The molecule has 0 unspecified atom stereocenters. The van der Waals surface area contributed by atoms with Gasteiger partial charge in [0, 0.05) is 25.0 Å². The number of alkyl halides is 3. The van der Waals surface area contributed by atoms with Gasteiger partial charge in [0.05, 0.1) is 22.5 Å². The van der Waals surface area contributed by atoms with Crippen molar-refractivity contribution < 1.29 is 18.1 Å². The Morgan fingerprint density at radius 2 is 2.04 bits per heavy atom. The number of nitrogens with one attached hydrogen (secondary N) is 2. The Morgan fingerprint density at radius 3 is 2.58 bits per heavy atom. The second-order valence-electron chi connectivity index (χ2n) is 5.56. The Kier molecular flexibility index (Phi) is 6.21. The lowest BCUT2D eigenvalue weighted by atomic mass is 10.2. The molecule has 0 aliphatic heterocycles. The van der Waals surface area contributed by atoms with Crippen LogP contribution < -0.4 is 10.6 Å². The standard InChI is InChI=1S/C16H18F3N5O2/c1-12-9-23(11-21-12)8-2-7-20-15(10-24(25)26)22-14-5-3-13(4-6-14)16(17,18)19/h3-6,9-11,20,22H,2,7-8H2,1H3. The van der Waals surface area contributed by atoms with E-state index in [1.165, 1.54) is 12.1 Å². The van der Waals surface area contributed by atoms with Crippen molar-refractivity contribution in [1.82, 2.24) is 14.9 Å². The zero-order valence-corrected chi connectivity index (χ0v) is 14.0. The van der Waals surface area contributed by atoms with E-state index >= 15 is 0 Å². The first-order valence-electron chi connectivity index (χ1n) is 7.76. The minimum Gasteiger partial charge on any atom is -0.366 e. The molecule has 2 N–H and O–H groups in total. The maximum absolute atomic E-state index is 12.6. The highest BCUT2D eigenvalue weighted by molar-refractivity contribution is 5.49. The summed E-state index contributed by atoms with van der Waals surface area (Å²) in [6.07, 6.45) is 0.568. The van der Waals surface area contributed by atoms with Gasteiger partial charge in [-0.2, -0.15) is 13.2 Å². The minimum absolute atomic E-state index is 0.0940. The molecular weight excluding hydrogens is 351 g/mol. The van der Waals surface area contributed by atoms with Crippen LogP contribution in [-0.2, 0) is 12.7 Å². The van der Waals surface area contributed by atoms with Crippen LogP contribution >= 0.6 is 0 Å². The second-order valence-corrected chi connectivity index (χ2v) is 5.56. The van der Waals surface area contributed by atoms with Gasteiger partial charge < -0.3 is 15.2 Å². The Balaban J connectivity index is 1.91. The van der Waals surface area contributed by atoms with Crippen LogP contribution in [0, 0.1) is 17.0 Å².